The van der Waals surface area contributed by atoms with Crippen LogP contribution in [0.5, 0.6) is 0 Å². The highest BCUT2D eigenvalue weighted by atomic mass is 16.6. The summed E-state index contributed by atoms with van der Waals surface area (Å²) >= 11 is 0. The Morgan fingerprint density at radius 2 is 1.82 bits per heavy atom. The molecule has 1 aliphatic rings. The van der Waals surface area contributed by atoms with E-state index in [2.05, 4.69) is 10.2 Å². The average Bonchev–Trinajstić information content (AvgIpc) is 2.56. The third-order valence-corrected chi connectivity index (χ3v) is 3.99. The van der Waals surface area contributed by atoms with Crippen molar-refractivity contribution in [1.29, 1.82) is 0 Å². The molecule has 2 aromatic carbocycles. The molecule has 0 radical (unpaired) electrons. The molecule has 0 aliphatic carbocycles. The standard InChI is InChI=1S/C17H19N3O2/c21-20(22)17-11-5-4-10-16(17)19-12-6-9-15(13-19)18-14-7-2-1-3-8-14/h1-5,7-8,10-11,15,18H,6,9,12-13H2. The van der Waals surface area contributed by atoms with Crippen LogP contribution in [-0.2, 0) is 0 Å². The second-order valence-corrected chi connectivity index (χ2v) is 5.54. The highest BCUT2D eigenvalue weighted by Crippen LogP contribution is 2.30. The van der Waals surface area contributed by atoms with Crippen LogP contribution in [0.2, 0.25) is 0 Å². The van der Waals surface area contributed by atoms with Gasteiger partial charge in [0.1, 0.15) is 5.69 Å². The first-order valence-corrected chi connectivity index (χ1v) is 7.54. The molecule has 0 saturated carbocycles. The predicted molar refractivity (Wildman–Crippen MR) is 88.4 cm³/mol. The van der Waals surface area contributed by atoms with Crippen molar-refractivity contribution in [3.05, 3.63) is 64.7 Å². The summed E-state index contributed by atoms with van der Waals surface area (Å²) in [4.78, 5) is 13.0. The Labute approximate surface area is 129 Å². The molecule has 3 rings (SSSR count). The Hall–Kier alpha value is -2.56. The smallest absolute Gasteiger partial charge is 0.292 e. The van der Waals surface area contributed by atoms with Crippen LogP contribution in [0.4, 0.5) is 17.1 Å². The van der Waals surface area contributed by atoms with E-state index >= 15 is 0 Å². The van der Waals surface area contributed by atoms with E-state index in [1.807, 2.05) is 42.5 Å². The van der Waals surface area contributed by atoms with E-state index in [4.69, 9.17) is 0 Å². The summed E-state index contributed by atoms with van der Waals surface area (Å²) in [5, 5.41) is 14.7. The number of rotatable bonds is 4. The lowest BCUT2D eigenvalue weighted by molar-refractivity contribution is -0.384. The summed E-state index contributed by atoms with van der Waals surface area (Å²) in [6.07, 6.45) is 2.10. The summed E-state index contributed by atoms with van der Waals surface area (Å²) in [5.41, 5.74) is 1.99. The van der Waals surface area contributed by atoms with E-state index in [1.165, 1.54) is 0 Å². The van der Waals surface area contributed by atoms with Gasteiger partial charge in [0.05, 0.1) is 4.92 Å². The summed E-state index contributed by atoms with van der Waals surface area (Å²) in [6.45, 7) is 1.64. The topological polar surface area (TPSA) is 58.4 Å². The summed E-state index contributed by atoms with van der Waals surface area (Å²) < 4.78 is 0. The predicted octanol–water partition coefficient (Wildman–Crippen LogP) is 3.68. The van der Waals surface area contributed by atoms with Crippen molar-refractivity contribution in [2.24, 2.45) is 0 Å². The Morgan fingerprint density at radius 1 is 1.09 bits per heavy atom. The van der Waals surface area contributed by atoms with Gasteiger partial charge in [-0.3, -0.25) is 10.1 Å². The molecule has 5 heteroatoms. The van der Waals surface area contributed by atoms with Gasteiger partial charge in [-0.05, 0) is 31.0 Å². The zero-order valence-corrected chi connectivity index (χ0v) is 12.3. The van der Waals surface area contributed by atoms with Crippen LogP contribution in [0.25, 0.3) is 0 Å². The molecule has 1 atom stereocenters. The number of nitro groups is 1. The number of nitrogens with one attached hydrogen (secondary N) is 1. The molecule has 1 fully saturated rings. The molecule has 1 heterocycles. The summed E-state index contributed by atoms with van der Waals surface area (Å²) in [7, 11) is 0. The fourth-order valence-corrected chi connectivity index (χ4v) is 2.97. The second kappa shape index (κ2) is 6.47. The Morgan fingerprint density at radius 3 is 2.59 bits per heavy atom. The lowest BCUT2D eigenvalue weighted by Gasteiger charge is -2.34. The number of nitrogens with zero attached hydrogens (tertiary/aromatic N) is 2. The first-order chi connectivity index (χ1) is 10.7. The van der Waals surface area contributed by atoms with E-state index in [1.54, 1.807) is 12.1 Å². The number of piperidine rings is 1. The van der Waals surface area contributed by atoms with Gasteiger partial charge < -0.3 is 10.2 Å². The van der Waals surface area contributed by atoms with Crippen LogP contribution >= 0.6 is 0 Å². The van der Waals surface area contributed by atoms with Gasteiger partial charge in [0.15, 0.2) is 0 Å². The van der Waals surface area contributed by atoms with Crippen molar-refractivity contribution in [1.82, 2.24) is 0 Å². The summed E-state index contributed by atoms with van der Waals surface area (Å²) in [5.74, 6) is 0. The van der Waals surface area contributed by atoms with Gasteiger partial charge in [0.25, 0.3) is 5.69 Å². The number of nitro benzene ring substituents is 1. The lowest BCUT2D eigenvalue weighted by Crippen LogP contribution is -2.42. The number of benzene rings is 2. The van der Waals surface area contributed by atoms with Crippen molar-refractivity contribution < 1.29 is 4.92 Å². The molecule has 5 nitrogen and oxygen atoms in total. The van der Waals surface area contributed by atoms with E-state index < -0.39 is 0 Å². The minimum atomic E-state index is -0.302. The Bertz CT molecular complexity index is 645. The van der Waals surface area contributed by atoms with E-state index in [0.29, 0.717) is 11.7 Å². The zero-order valence-electron chi connectivity index (χ0n) is 12.3. The molecule has 1 saturated heterocycles. The van der Waals surface area contributed by atoms with E-state index in [-0.39, 0.29) is 10.6 Å². The van der Waals surface area contributed by atoms with Crippen molar-refractivity contribution in [3.8, 4) is 0 Å². The van der Waals surface area contributed by atoms with Gasteiger partial charge in [0.2, 0.25) is 0 Å². The Kier molecular flexibility index (Phi) is 4.23. The minimum absolute atomic E-state index is 0.183. The minimum Gasteiger partial charge on any atom is -0.381 e. The third-order valence-electron chi connectivity index (χ3n) is 3.99. The van der Waals surface area contributed by atoms with Crippen LogP contribution in [0.3, 0.4) is 0 Å². The van der Waals surface area contributed by atoms with Gasteiger partial charge in [-0.25, -0.2) is 0 Å². The van der Waals surface area contributed by atoms with Crippen LogP contribution in [0.15, 0.2) is 54.6 Å². The number of hydrogen-bond donors (Lipinski definition) is 1. The molecule has 0 spiro atoms. The maximum atomic E-state index is 11.2. The molecule has 1 aliphatic heterocycles. The second-order valence-electron chi connectivity index (χ2n) is 5.54. The van der Waals surface area contributed by atoms with Gasteiger partial charge in [0, 0.05) is 30.9 Å². The van der Waals surface area contributed by atoms with Gasteiger partial charge >= 0.3 is 0 Å². The van der Waals surface area contributed by atoms with Gasteiger partial charge in [-0.1, -0.05) is 30.3 Å². The number of para-hydroxylation sites is 3. The molecule has 22 heavy (non-hydrogen) atoms. The van der Waals surface area contributed by atoms with Crippen LogP contribution in [0.1, 0.15) is 12.8 Å². The monoisotopic (exact) mass is 297 g/mol. The molecular weight excluding hydrogens is 278 g/mol. The Balaban J connectivity index is 1.75. The molecular formula is C17H19N3O2. The van der Waals surface area contributed by atoms with Crippen molar-refractivity contribution in [3.63, 3.8) is 0 Å². The third kappa shape index (κ3) is 3.19. The first-order valence-electron chi connectivity index (χ1n) is 7.54. The van der Waals surface area contributed by atoms with Crippen molar-refractivity contribution >= 4 is 17.1 Å². The quantitative estimate of drug-likeness (QED) is 0.691. The highest BCUT2D eigenvalue weighted by molar-refractivity contribution is 5.63. The largest absolute Gasteiger partial charge is 0.381 e. The maximum Gasteiger partial charge on any atom is 0.292 e. The SMILES string of the molecule is O=[N+]([O-])c1ccccc1N1CCCC(Nc2ccccc2)C1. The molecule has 1 N–H and O–H groups in total. The van der Waals surface area contributed by atoms with Gasteiger partial charge in [-0.2, -0.15) is 0 Å². The van der Waals surface area contributed by atoms with Crippen LogP contribution in [-0.4, -0.2) is 24.1 Å². The zero-order chi connectivity index (χ0) is 15.4. The normalized spacial score (nSPS) is 18.0. The molecule has 2 aromatic rings. The molecule has 0 amide bonds. The average molecular weight is 297 g/mol. The van der Waals surface area contributed by atoms with Gasteiger partial charge in [-0.15, -0.1) is 0 Å². The first kappa shape index (κ1) is 14.4. The fourth-order valence-electron chi connectivity index (χ4n) is 2.97. The maximum absolute atomic E-state index is 11.2. The van der Waals surface area contributed by atoms with Crippen molar-refractivity contribution in [2.75, 3.05) is 23.3 Å². The molecule has 0 aromatic heterocycles. The summed E-state index contributed by atoms with van der Waals surface area (Å²) in [6, 6.07) is 17.4. The molecule has 114 valence electrons. The number of anilines is 2. The molecule has 1 unspecified atom stereocenters. The van der Waals surface area contributed by atoms with E-state index in [0.717, 1.165) is 31.6 Å². The molecule has 0 bridgehead atoms. The van der Waals surface area contributed by atoms with Crippen molar-refractivity contribution in [2.45, 2.75) is 18.9 Å². The highest BCUT2D eigenvalue weighted by Gasteiger charge is 2.24. The van der Waals surface area contributed by atoms with Crippen LogP contribution in [0, 0.1) is 10.1 Å². The van der Waals surface area contributed by atoms with Crippen LogP contribution < -0.4 is 10.2 Å². The fraction of sp³-hybridized carbons (Fsp3) is 0.294. The van der Waals surface area contributed by atoms with E-state index in [9.17, 15) is 10.1 Å². The lowest BCUT2D eigenvalue weighted by atomic mass is 10.0. The number of hydrogen-bond acceptors (Lipinski definition) is 4.